The lowest BCUT2D eigenvalue weighted by molar-refractivity contribution is 0.113. The predicted molar refractivity (Wildman–Crippen MR) is 63.2 cm³/mol. The molecule has 2 unspecified atom stereocenters. The summed E-state index contributed by atoms with van der Waals surface area (Å²) in [6, 6.07) is 7.90. The van der Waals surface area contributed by atoms with Crippen LogP contribution in [0, 0.1) is 6.92 Å². The van der Waals surface area contributed by atoms with Crippen LogP contribution in [0.5, 0.6) is 0 Å². The molecule has 2 rings (SSSR count). The van der Waals surface area contributed by atoms with Gasteiger partial charge >= 0.3 is 0 Å². The average Bonchev–Trinajstić information content (AvgIpc) is 2.64. The van der Waals surface area contributed by atoms with Gasteiger partial charge in [0.25, 0.3) is 0 Å². The van der Waals surface area contributed by atoms with Crippen LogP contribution >= 0.6 is 0 Å². The summed E-state index contributed by atoms with van der Waals surface area (Å²) in [7, 11) is 0. The summed E-state index contributed by atoms with van der Waals surface area (Å²) in [5.74, 6) is 0. The normalized spacial score (nSPS) is 23.6. The fraction of sp³-hybridized carbons (Fsp3) is 0.538. The highest BCUT2D eigenvalue weighted by Crippen LogP contribution is 2.20. The van der Waals surface area contributed by atoms with Gasteiger partial charge in [-0.2, -0.15) is 0 Å². The molecule has 1 aliphatic rings. The summed E-state index contributed by atoms with van der Waals surface area (Å²) in [5.41, 5.74) is 2.11. The zero-order chi connectivity index (χ0) is 11.5. The van der Waals surface area contributed by atoms with Gasteiger partial charge in [-0.3, -0.25) is 4.90 Å². The van der Waals surface area contributed by atoms with Gasteiger partial charge in [-0.25, -0.2) is 0 Å². The number of likely N-dealkylation sites (tertiary alicyclic amines) is 1. The molecule has 0 aliphatic carbocycles. The van der Waals surface area contributed by atoms with E-state index in [0.29, 0.717) is 13.1 Å². The number of β-amino-alcohol motifs (C(OH)–C–C–N with tert-alkyl or cyclic N) is 2. The van der Waals surface area contributed by atoms with Crippen molar-refractivity contribution in [2.45, 2.75) is 25.6 Å². The van der Waals surface area contributed by atoms with Crippen LogP contribution in [0.3, 0.4) is 0 Å². The molecular weight excluding hydrogens is 202 g/mol. The maximum absolute atomic E-state index is 10.1. The summed E-state index contributed by atoms with van der Waals surface area (Å²) < 4.78 is 0. The van der Waals surface area contributed by atoms with Gasteiger partial charge in [0, 0.05) is 19.6 Å². The minimum Gasteiger partial charge on any atom is -0.392 e. The Morgan fingerprint density at radius 3 is 2.81 bits per heavy atom. The minimum absolute atomic E-state index is 0.218. The first-order valence-corrected chi connectivity index (χ1v) is 5.81. The lowest BCUT2D eigenvalue weighted by Crippen LogP contribution is -2.27. The Kier molecular flexibility index (Phi) is 3.59. The van der Waals surface area contributed by atoms with Crippen molar-refractivity contribution in [1.29, 1.82) is 0 Å². The molecule has 1 saturated heterocycles. The Hall–Kier alpha value is -0.900. The summed E-state index contributed by atoms with van der Waals surface area (Å²) >= 11 is 0. The van der Waals surface area contributed by atoms with Gasteiger partial charge in [0.05, 0.1) is 12.2 Å². The predicted octanol–water partition coefficient (Wildman–Crippen LogP) is 1.10. The largest absolute Gasteiger partial charge is 0.392 e. The zero-order valence-electron chi connectivity index (χ0n) is 9.63. The highest BCUT2D eigenvalue weighted by molar-refractivity contribution is 5.27. The highest BCUT2D eigenvalue weighted by atomic mass is 16.3. The molecule has 1 fully saturated rings. The molecule has 2 atom stereocenters. The van der Waals surface area contributed by atoms with Crippen LogP contribution < -0.4 is 0 Å². The highest BCUT2D eigenvalue weighted by Gasteiger charge is 2.23. The molecule has 1 aromatic carbocycles. The van der Waals surface area contributed by atoms with Crippen LogP contribution in [-0.2, 0) is 0 Å². The molecule has 0 bridgehead atoms. The molecule has 2 N–H and O–H groups in total. The second-order valence-electron chi connectivity index (χ2n) is 4.57. The maximum atomic E-state index is 10.1. The molecule has 1 heterocycles. The van der Waals surface area contributed by atoms with Crippen molar-refractivity contribution in [3.05, 3.63) is 35.4 Å². The van der Waals surface area contributed by atoms with Crippen LogP contribution in [0.15, 0.2) is 24.3 Å². The molecule has 0 spiro atoms. The third kappa shape index (κ3) is 2.61. The molecule has 16 heavy (non-hydrogen) atoms. The van der Waals surface area contributed by atoms with Crippen molar-refractivity contribution < 1.29 is 10.2 Å². The Labute approximate surface area is 96.3 Å². The van der Waals surface area contributed by atoms with E-state index in [1.165, 1.54) is 0 Å². The molecule has 0 saturated carbocycles. The third-order valence-electron chi connectivity index (χ3n) is 3.23. The van der Waals surface area contributed by atoms with E-state index in [1.54, 1.807) is 0 Å². The van der Waals surface area contributed by atoms with E-state index in [9.17, 15) is 10.2 Å². The molecule has 1 aliphatic heterocycles. The van der Waals surface area contributed by atoms with E-state index in [-0.39, 0.29) is 6.10 Å². The van der Waals surface area contributed by atoms with Gasteiger partial charge in [-0.05, 0) is 24.5 Å². The Morgan fingerprint density at radius 2 is 2.19 bits per heavy atom. The van der Waals surface area contributed by atoms with Crippen LogP contribution in [0.25, 0.3) is 0 Å². The van der Waals surface area contributed by atoms with E-state index in [2.05, 4.69) is 4.90 Å². The number of aliphatic hydroxyl groups is 2. The van der Waals surface area contributed by atoms with Crippen LogP contribution in [0.4, 0.5) is 0 Å². The quantitative estimate of drug-likeness (QED) is 0.803. The standard InChI is InChI=1S/C13H19NO2/c1-10-4-2-3-5-12(10)13(16)9-14-7-6-11(15)8-14/h2-5,11,13,15-16H,6-9H2,1H3. The number of benzene rings is 1. The van der Waals surface area contributed by atoms with Crippen molar-refractivity contribution in [2.75, 3.05) is 19.6 Å². The number of nitrogens with zero attached hydrogens (tertiary/aromatic N) is 1. The number of aryl methyl sites for hydroxylation is 1. The minimum atomic E-state index is -0.452. The van der Waals surface area contributed by atoms with Gasteiger partial charge < -0.3 is 10.2 Å². The number of hydrogen-bond donors (Lipinski definition) is 2. The van der Waals surface area contributed by atoms with Crippen LogP contribution in [-0.4, -0.2) is 40.9 Å². The summed E-state index contributed by atoms with van der Waals surface area (Å²) in [6.07, 6.45) is 0.149. The summed E-state index contributed by atoms with van der Waals surface area (Å²) in [5, 5.41) is 19.5. The first-order chi connectivity index (χ1) is 7.66. The molecule has 0 radical (unpaired) electrons. The van der Waals surface area contributed by atoms with Crippen molar-refractivity contribution in [3.8, 4) is 0 Å². The molecule has 3 nitrogen and oxygen atoms in total. The topological polar surface area (TPSA) is 43.7 Å². The van der Waals surface area contributed by atoms with E-state index in [1.807, 2.05) is 31.2 Å². The third-order valence-corrected chi connectivity index (χ3v) is 3.23. The van der Waals surface area contributed by atoms with Crippen LogP contribution in [0.1, 0.15) is 23.7 Å². The Balaban J connectivity index is 1.98. The lowest BCUT2D eigenvalue weighted by atomic mass is 10.0. The Morgan fingerprint density at radius 1 is 1.44 bits per heavy atom. The van der Waals surface area contributed by atoms with Crippen molar-refractivity contribution in [3.63, 3.8) is 0 Å². The fourth-order valence-electron chi connectivity index (χ4n) is 2.28. The second-order valence-corrected chi connectivity index (χ2v) is 4.57. The number of rotatable bonds is 3. The Bertz CT molecular complexity index is 354. The van der Waals surface area contributed by atoms with E-state index in [4.69, 9.17) is 0 Å². The number of hydrogen-bond acceptors (Lipinski definition) is 3. The van der Waals surface area contributed by atoms with Gasteiger partial charge in [0.15, 0.2) is 0 Å². The molecule has 0 amide bonds. The first kappa shape index (κ1) is 11.6. The molecule has 3 heteroatoms. The van der Waals surface area contributed by atoms with Gasteiger partial charge in [0.1, 0.15) is 0 Å². The monoisotopic (exact) mass is 221 g/mol. The van der Waals surface area contributed by atoms with Crippen LogP contribution in [0.2, 0.25) is 0 Å². The molecule has 88 valence electrons. The maximum Gasteiger partial charge on any atom is 0.0919 e. The van der Waals surface area contributed by atoms with Gasteiger partial charge in [-0.15, -0.1) is 0 Å². The molecular formula is C13H19NO2. The zero-order valence-corrected chi connectivity index (χ0v) is 9.63. The fourth-order valence-corrected chi connectivity index (χ4v) is 2.28. The summed E-state index contributed by atoms with van der Waals surface area (Å²) in [4.78, 5) is 2.11. The molecule has 0 aromatic heterocycles. The van der Waals surface area contributed by atoms with E-state index >= 15 is 0 Å². The smallest absolute Gasteiger partial charge is 0.0919 e. The second kappa shape index (κ2) is 4.95. The van der Waals surface area contributed by atoms with Crippen molar-refractivity contribution >= 4 is 0 Å². The average molecular weight is 221 g/mol. The van der Waals surface area contributed by atoms with E-state index in [0.717, 1.165) is 24.1 Å². The number of aliphatic hydroxyl groups excluding tert-OH is 2. The van der Waals surface area contributed by atoms with E-state index < -0.39 is 6.10 Å². The SMILES string of the molecule is Cc1ccccc1C(O)CN1CCC(O)C1. The van der Waals surface area contributed by atoms with Gasteiger partial charge in [0.2, 0.25) is 0 Å². The molecule has 1 aromatic rings. The lowest BCUT2D eigenvalue weighted by Gasteiger charge is -2.20. The van der Waals surface area contributed by atoms with Gasteiger partial charge in [-0.1, -0.05) is 24.3 Å². The van der Waals surface area contributed by atoms with Crippen molar-refractivity contribution in [1.82, 2.24) is 4.90 Å². The first-order valence-electron chi connectivity index (χ1n) is 5.81. The van der Waals surface area contributed by atoms with Crippen molar-refractivity contribution in [2.24, 2.45) is 0 Å². The summed E-state index contributed by atoms with van der Waals surface area (Å²) in [6.45, 7) is 4.19.